The van der Waals surface area contributed by atoms with E-state index in [-0.39, 0.29) is 42.7 Å². The van der Waals surface area contributed by atoms with Gasteiger partial charge in [-0.2, -0.15) is 39.5 Å². The van der Waals surface area contributed by atoms with Gasteiger partial charge in [0.15, 0.2) is 6.61 Å². The fourth-order valence-electron chi connectivity index (χ4n) is 4.90. The first-order valence-corrected chi connectivity index (χ1v) is 13.3. The highest BCUT2D eigenvalue weighted by molar-refractivity contribution is 5.67. The molecule has 1 unspecified atom stereocenters. The van der Waals surface area contributed by atoms with E-state index in [9.17, 15) is 39.5 Å². The third kappa shape index (κ3) is 9.70. The number of anilines is 1. The van der Waals surface area contributed by atoms with Gasteiger partial charge in [0, 0.05) is 62.9 Å². The number of nitrogens with zero attached hydrogens (tertiary/aromatic N) is 5. The molecule has 0 amide bonds. The smallest absolute Gasteiger partial charge is 0.422 e. The fraction of sp³-hybridized carbons (Fsp3) is 0.519. The van der Waals surface area contributed by atoms with Crippen molar-refractivity contribution < 1.29 is 49.0 Å². The lowest BCUT2D eigenvalue weighted by Gasteiger charge is -2.29. The first-order valence-electron chi connectivity index (χ1n) is 13.3. The Morgan fingerprint density at radius 3 is 2.00 bits per heavy atom. The molecule has 0 saturated carbocycles. The molecule has 0 bridgehead atoms. The molecule has 2 aromatic rings. The van der Waals surface area contributed by atoms with E-state index in [1.54, 1.807) is 22.3 Å². The molecular weight excluding hydrogens is 611 g/mol. The molecule has 1 aromatic carbocycles. The average molecular weight is 643 g/mol. The van der Waals surface area contributed by atoms with Crippen molar-refractivity contribution in [3.05, 3.63) is 59.0 Å². The topological polar surface area (TPSA) is 73.8 Å². The number of likely N-dealkylation sites (N-methyl/N-ethyl adjacent to an activating group) is 1. The highest BCUT2D eigenvalue weighted by atomic mass is 19.4. The van der Waals surface area contributed by atoms with Gasteiger partial charge in [-0.25, -0.2) is 15.4 Å². The number of carbonyl (C=O) groups excluding carboxylic acids is 1. The molecule has 1 saturated heterocycles. The third-order valence-corrected chi connectivity index (χ3v) is 7.03. The van der Waals surface area contributed by atoms with Crippen LogP contribution in [0.1, 0.15) is 42.0 Å². The number of hydrazine groups is 1. The molecule has 4 rings (SSSR count). The van der Waals surface area contributed by atoms with Crippen molar-refractivity contribution in [1.82, 2.24) is 25.3 Å². The maximum Gasteiger partial charge on any atom is 0.422 e. The largest absolute Gasteiger partial charge is 0.458 e. The van der Waals surface area contributed by atoms with E-state index < -0.39 is 36.3 Å². The normalized spacial score (nSPS) is 19.4. The molecule has 0 radical (unpaired) electrons. The van der Waals surface area contributed by atoms with Gasteiger partial charge in [-0.05, 0) is 49.2 Å². The van der Waals surface area contributed by atoms with Crippen molar-refractivity contribution in [2.24, 2.45) is 0 Å². The van der Waals surface area contributed by atoms with E-state index in [4.69, 9.17) is 4.79 Å². The number of halogens is 9. The van der Waals surface area contributed by atoms with Crippen LogP contribution >= 0.6 is 0 Å². The Kier molecular flexibility index (Phi) is 11.1. The van der Waals surface area contributed by atoms with Gasteiger partial charge < -0.3 is 19.5 Å². The number of aromatic nitrogens is 2. The van der Waals surface area contributed by atoms with E-state index in [0.29, 0.717) is 19.5 Å². The molecule has 3 heterocycles. The van der Waals surface area contributed by atoms with Gasteiger partial charge in [-0.3, -0.25) is 4.79 Å². The Balaban J connectivity index is 0.000000583. The van der Waals surface area contributed by atoms with E-state index >= 15 is 0 Å². The summed E-state index contributed by atoms with van der Waals surface area (Å²) in [5, 5.41) is 1.81. The van der Waals surface area contributed by atoms with Crippen molar-refractivity contribution in [2.75, 3.05) is 38.7 Å². The predicted molar refractivity (Wildman–Crippen MR) is 142 cm³/mol. The van der Waals surface area contributed by atoms with E-state index in [0.717, 1.165) is 29.7 Å². The zero-order valence-electron chi connectivity index (χ0n) is 23.9. The SMILES string of the molecule is CC[C@@H]1CC(N(Cc2cc(C(F)(F)F)cc(C(F)(F)F)c2)c2ncc(C3=CN(C)NC3)cn2)CN1C.O=COCC(F)(F)F. The van der Waals surface area contributed by atoms with E-state index in [1.165, 1.54) is 0 Å². The summed E-state index contributed by atoms with van der Waals surface area (Å²) in [6.45, 7) is 1.30. The Morgan fingerprint density at radius 2 is 1.59 bits per heavy atom. The molecule has 2 aliphatic rings. The van der Waals surface area contributed by atoms with Crippen LogP contribution in [0.4, 0.5) is 45.5 Å². The summed E-state index contributed by atoms with van der Waals surface area (Å²) >= 11 is 0. The summed E-state index contributed by atoms with van der Waals surface area (Å²) in [6, 6.07) is 1.77. The molecule has 8 nitrogen and oxygen atoms in total. The molecule has 1 fully saturated rings. The molecule has 17 heteroatoms. The van der Waals surface area contributed by atoms with Gasteiger partial charge in [-0.1, -0.05) is 6.92 Å². The van der Waals surface area contributed by atoms with Crippen LogP contribution in [0.25, 0.3) is 5.57 Å². The van der Waals surface area contributed by atoms with Crippen LogP contribution in [-0.4, -0.2) is 78.4 Å². The number of carbonyl (C=O) groups is 1. The summed E-state index contributed by atoms with van der Waals surface area (Å²) in [5.41, 5.74) is 2.11. The maximum absolute atomic E-state index is 13.4. The molecule has 0 aliphatic carbocycles. The van der Waals surface area contributed by atoms with Gasteiger partial charge in [0.1, 0.15) is 0 Å². The lowest BCUT2D eigenvalue weighted by molar-refractivity contribution is -0.177. The van der Waals surface area contributed by atoms with Crippen LogP contribution in [-0.2, 0) is 28.4 Å². The predicted octanol–water partition coefficient (Wildman–Crippen LogP) is 5.52. The molecule has 44 heavy (non-hydrogen) atoms. The fourth-order valence-corrected chi connectivity index (χ4v) is 4.90. The zero-order chi connectivity index (χ0) is 32.9. The Hall–Kier alpha value is -3.60. The quantitative estimate of drug-likeness (QED) is 0.299. The van der Waals surface area contributed by atoms with Crippen LogP contribution in [0.2, 0.25) is 0 Å². The Bertz CT molecular complexity index is 1250. The maximum atomic E-state index is 13.4. The number of benzene rings is 1. The second kappa shape index (κ2) is 14.0. The number of hydrogen-bond donors (Lipinski definition) is 1. The Labute approximate surface area is 247 Å². The lowest BCUT2D eigenvalue weighted by atomic mass is 10.0. The van der Waals surface area contributed by atoms with Crippen LogP contribution < -0.4 is 10.3 Å². The van der Waals surface area contributed by atoms with E-state index in [1.807, 2.05) is 27.2 Å². The number of alkyl halides is 9. The van der Waals surface area contributed by atoms with Gasteiger partial charge in [0.05, 0.1) is 11.1 Å². The molecule has 1 aromatic heterocycles. The first kappa shape index (κ1) is 34.9. The Morgan fingerprint density at radius 1 is 1.00 bits per heavy atom. The highest BCUT2D eigenvalue weighted by Gasteiger charge is 2.38. The number of likely N-dealkylation sites (tertiary alicyclic amines) is 1. The molecule has 2 atom stereocenters. The second-order valence-electron chi connectivity index (χ2n) is 10.3. The van der Waals surface area contributed by atoms with Crippen molar-refractivity contribution in [3.8, 4) is 0 Å². The van der Waals surface area contributed by atoms with Gasteiger partial charge in [0.2, 0.25) is 5.95 Å². The van der Waals surface area contributed by atoms with Crippen LogP contribution in [0.3, 0.4) is 0 Å². The van der Waals surface area contributed by atoms with Gasteiger partial charge >= 0.3 is 18.5 Å². The van der Waals surface area contributed by atoms with Crippen LogP contribution in [0, 0.1) is 0 Å². The molecule has 0 spiro atoms. The van der Waals surface area contributed by atoms with Crippen molar-refractivity contribution in [3.63, 3.8) is 0 Å². The second-order valence-corrected chi connectivity index (χ2v) is 10.3. The van der Waals surface area contributed by atoms with Crippen LogP contribution in [0.15, 0.2) is 36.8 Å². The minimum Gasteiger partial charge on any atom is -0.458 e. The van der Waals surface area contributed by atoms with Crippen molar-refractivity contribution in [1.29, 1.82) is 0 Å². The number of hydrogen-bond acceptors (Lipinski definition) is 8. The minimum atomic E-state index is -4.91. The van der Waals surface area contributed by atoms with Gasteiger partial charge in [-0.15, -0.1) is 0 Å². The lowest BCUT2D eigenvalue weighted by Crippen LogP contribution is -2.38. The third-order valence-electron chi connectivity index (χ3n) is 7.03. The zero-order valence-corrected chi connectivity index (χ0v) is 23.9. The summed E-state index contributed by atoms with van der Waals surface area (Å²) in [7, 11) is 3.81. The summed E-state index contributed by atoms with van der Waals surface area (Å²) in [5.74, 6) is 0.264. The van der Waals surface area contributed by atoms with Crippen LogP contribution in [0.5, 0.6) is 0 Å². The van der Waals surface area contributed by atoms with E-state index in [2.05, 4.69) is 25.0 Å². The average Bonchev–Trinajstić information content (AvgIpc) is 3.54. The number of rotatable bonds is 8. The van der Waals surface area contributed by atoms with Gasteiger partial charge in [0.25, 0.3) is 6.47 Å². The van der Waals surface area contributed by atoms with Crippen molar-refractivity contribution in [2.45, 2.75) is 56.9 Å². The highest BCUT2D eigenvalue weighted by Crippen LogP contribution is 2.37. The molecular formula is C27H31F9N6O2. The number of nitrogens with one attached hydrogen (secondary N) is 1. The summed E-state index contributed by atoms with van der Waals surface area (Å²) in [6.07, 6.45) is -7.49. The molecule has 2 aliphatic heterocycles. The standard InChI is InChI=1S/C24H28F6N6.C3H3F3O2/c1-4-20-8-21(14-34(20)2)36(22-31-9-16(10-32-22)17-11-33-35(3)13-17)12-15-5-18(23(25,26)27)7-19(6-15)24(28,29)30;4-3(5,6)1-8-2-7/h5-7,9-10,13,20-21,33H,4,8,11-12,14H2,1-3H3;2H,1H2/t20-,21?;/m1./s1. The first-order chi connectivity index (χ1) is 20.4. The minimum absolute atomic E-state index is 0.100. The number of ether oxygens (including phenoxy) is 1. The van der Waals surface area contributed by atoms with Crippen molar-refractivity contribution >= 4 is 18.0 Å². The summed E-state index contributed by atoms with van der Waals surface area (Å²) < 4.78 is 117. The summed E-state index contributed by atoms with van der Waals surface area (Å²) in [4.78, 5) is 21.9. The molecule has 244 valence electrons. The monoisotopic (exact) mass is 642 g/mol. The molecule has 1 N–H and O–H groups in total.